The Bertz CT molecular complexity index is 980. The summed E-state index contributed by atoms with van der Waals surface area (Å²) in [6.45, 7) is 1.08. The van der Waals surface area contributed by atoms with Gasteiger partial charge in [0.05, 0.1) is 29.9 Å². The van der Waals surface area contributed by atoms with Crippen molar-refractivity contribution in [3.63, 3.8) is 0 Å². The number of fused-ring (bicyclic) bond motifs is 1. The lowest BCUT2D eigenvalue weighted by Crippen LogP contribution is -2.28. The second-order valence-corrected chi connectivity index (χ2v) is 6.34. The van der Waals surface area contributed by atoms with E-state index in [1.165, 1.54) is 5.01 Å². The SMILES string of the molecule is O=C(Cn1c(NCCO)nc2ccccc21)N1CCC(c2ccccc2)=N1. The van der Waals surface area contributed by atoms with Gasteiger partial charge in [-0.05, 0) is 17.7 Å². The first-order valence-electron chi connectivity index (χ1n) is 8.99. The van der Waals surface area contributed by atoms with Crippen molar-refractivity contribution in [1.82, 2.24) is 14.6 Å². The third-order valence-electron chi connectivity index (χ3n) is 4.54. The zero-order valence-electron chi connectivity index (χ0n) is 14.9. The minimum atomic E-state index is -0.0869. The lowest BCUT2D eigenvalue weighted by molar-refractivity contribution is -0.131. The molecule has 0 saturated carbocycles. The Balaban J connectivity index is 1.57. The number of aliphatic hydroxyl groups is 1. The molecule has 7 nitrogen and oxygen atoms in total. The van der Waals surface area contributed by atoms with E-state index in [0.717, 1.165) is 28.7 Å². The molecule has 2 heterocycles. The summed E-state index contributed by atoms with van der Waals surface area (Å²) < 4.78 is 1.84. The average Bonchev–Trinajstić information content (AvgIpc) is 3.33. The Morgan fingerprint density at radius 1 is 1.11 bits per heavy atom. The molecule has 27 heavy (non-hydrogen) atoms. The van der Waals surface area contributed by atoms with Gasteiger partial charge in [-0.1, -0.05) is 42.5 Å². The van der Waals surface area contributed by atoms with Crippen molar-refractivity contribution in [3.05, 3.63) is 60.2 Å². The lowest BCUT2D eigenvalue weighted by Gasteiger charge is -2.14. The lowest BCUT2D eigenvalue weighted by atomic mass is 10.1. The van der Waals surface area contributed by atoms with Gasteiger partial charge in [0.2, 0.25) is 5.95 Å². The molecule has 1 aliphatic heterocycles. The minimum absolute atomic E-state index is 0.00595. The number of para-hydroxylation sites is 2. The van der Waals surface area contributed by atoms with Crippen LogP contribution in [0, 0.1) is 0 Å². The molecule has 0 atom stereocenters. The molecule has 1 aliphatic rings. The van der Waals surface area contributed by atoms with Crippen LogP contribution in [-0.2, 0) is 11.3 Å². The van der Waals surface area contributed by atoms with Gasteiger partial charge < -0.3 is 15.0 Å². The summed E-state index contributed by atoms with van der Waals surface area (Å²) in [5.74, 6) is 0.487. The summed E-state index contributed by atoms with van der Waals surface area (Å²) in [7, 11) is 0. The molecule has 3 aromatic rings. The maximum atomic E-state index is 12.9. The predicted molar refractivity (Wildman–Crippen MR) is 105 cm³/mol. The number of rotatable bonds is 6. The van der Waals surface area contributed by atoms with E-state index < -0.39 is 0 Å². The summed E-state index contributed by atoms with van der Waals surface area (Å²) >= 11 is 0. The van der Waals surface area contributed by atoms with Crippen molar-refractivity contribution >= 4 is 28.6 Å². The Kier molecular flexibility index (Phi) is 4.84. The van der Waals surface area contributed by atoms with Gasteiger partial charge in [-0.25, -0.2) is 9.99 Å². The first-order valence-corrected chi connectivity index (χ1v) is 8.99. The van der Waals surface area contributed by atoms with E-state index in [9.17, 15) is 4.79 Å². The van der Waals surface area contributed by atoms with Gasteiger partial charge in [0.15, 0.2) is 0 Å². The molecule has 2 aromatic carbocycles. The van der Waals surface area contributed by atoms with Crippen LogP contribution < -0.4 is 5.32 Å². The molecular weight excluding hydrogens is 342 g/mol. The number of carbonyl (C=O) groups is 1. The number of anilines is 1. The van der Waals surface area contributed by atoms with Crippen LogP contribution in [0.2, 0.25) is 0 Å². The standard InChI is InChI=1S/C20H21N5O2/c26-13-11-21-20-22-17-8-4-5-9-18(17)24(20)14-19(27)25-12-10-16(23-25)15-6-2-1-3-7-15/h1-9,26H,10-14H2,(H,21,22). The summed E-state index contributed by atoms with van der Waals surface area (Å²) in [5.41, 5.74) is 3.66. The largest absolute Gasteiger partial charge is 0.395 e. The predicted octanol–water partition coefficient (Wildman–Crippen LogP) is 2.08. The van der Waals surface area contributed by atoms with Crippen LogP contribution in [0.1, 0.15) is 12.0 Å². The third-order valence-corrected chi connectivity index (χ3v) is 4.54. The van der Waals surface area contributed by atoms with Gasteiger partial charge in [0.1, 0.15) is 6.54 Å². The van der Waals surface area contributed by atoms with Crippen LogP contribution in [0.25, 0.3) is 11.0 Å². The zero-order valence-corrected chi connectivity index (χ0v) is 14.9. The fraction of sp³-hybridized carbons (Fsp3) is 0.250. The molecule has 0 saturated heterocycles. The van der Waals surface area contributed by atoms with Gasteiger partial charge in [-0.3, -0.25) is 4.79 Å². The van der Waals surface area contributed by atoms with E-state index in [0.29, 0.717) is 19.0 Å². The number of hydrazone groups is 1. The topological polar surface area (TPSA) is 82.8 Å². The van der Waals surface area contributed by atoms with Gasteiger partial charge in [-0.15, -0.1) is 0 Å². The maximum Gasteiger partial charge on any atom is 0.262 e. The van der Waals surface area contributed by atoms with Gasteiger partial charge >= 0.3 is 0 Å². The summed E-state index contributed by atoms with van der Waals surface area (Å²) in [6.07, 6.45) is 0.746. The second kappa shape index (κ2) is 7.59. The fourth-order valence-electron chi connectivity index (χ4n) is 3.23. The van der Waals surface area contributed by atoms with Gasteiger partial charge in [0.25, 0.3) is 5.91 Å². The first kappa shape index (κ1) is 17.2. The molecule has 0 fully saturated rings. The number of aromatic nitrogens is 2. The van der Waals surface area contributed by atoms with E-state index in [1.807, 2.05) is 59.2 Å². The van der Waals surface area contributed by atoms with Crippen LogP contribution in [0.5, 0.6) is 0 Å². The first-order chi connectivity index (χ1) is 13.3. The average molecular weight is 363 g/mol. The van der Waals surface area contributed by atoms with Crippen LogP contribution >= 0.6 is 0 Å². The number of amides is 1. The molecule has 138 valence electrons. The number of carbonyl (C=O) groups excluding carboxylic acids is 1. The molecule has 0 aliphatic carbocycles. The molecule has 0 spiro atoms. The third kappa shape index (κ3) is 3.54. The van der Waals surface area contributed by atoms with Crippen molar-refractivity contribution < 1.29 is 9.90 Å². The minimum Gasteiger partial charge on any atom is -0.395 e. The highest BCUT2D eigenvalue weighted by atomic mass is 16.3. The Morgan fingerprint density at radius 3 is 2.70 bits per heavy atom. The summed E-state index contributed by atoms with van der Waals surface area (Å²) in [4.78, 5) is 17.4. The van der Waals surface area contributed by atoms with E-state index in [-0.39, 0.29) is 19.1 Å². The smallest absolute Gasteiger partial charge is 0.262 e. The molecule has 1 aromatic heterocycles. The number of aliphatic hydroxyl groups excluding tert-OH is 1. The van der Waals surface area contributed by atoms with Crippen molar-refractivity contribution in [2.75, 3.05) is 25.0 Å². The number of imidazole rings is 1. The molecule has 1 amide bonds. The summed E-state index contributed by atoms with van der Waals surface area (Å²) in [5, 5.41) is 18.2. The Morgan fingerprint density at radius 2 is 1.89 bits per heavy atom. The number of hydrogen-bond donors (Lipinski definition) is 2. The molecule has 4 rings (SSSR count). The van der Waals surface area contributed by atoms with Crippen LogP contribution in [0.3, 0.4) is 0 Å². The molecule has 0 bridgehead atoms. The second-order valence-electron chi connectivity index (χ2n) is 6.34. The Hall–Kier alpha value is -3.19. The molecule has 7 heteroatoms. The highest BCUT2D eigenvalue weighted by molar-refractivity contribution is 6.02. The monoisotopic (exact) mass is 363 g/mol. The molecule has 0 radical (unpaired) electrons. The zero-order chi connectivity index (χ0) is 18.6. The van der Waals surface area contributed by atoms with Crippen molar-refractivity contribution in [2.45, 2.75) is 13.0 Å². The number of nitrogens with zero attached hydrogens (tertiary/aromatic N) is 4. The Labute approximate surface area is 156 Å². The van der Waals surface area contributed by atoms with Crippen LogP contribution in [-0.4, -0.2) is 51.0 Å². The van der Waals surface area contributed by atoms with E-state index in [2.05, 4.69) is 15.4 Å². The molecule has 2 N–H and O–H groups in total. The number of hydrogen-bond acceptors (Lipinski definition) is 5. The van der Waals surface area contributed by atoms with Gasteiger partial charge in [-0.2, -0.15) is 5.10 Å². The van der Waals surface area contributed by atoms with Crippen molar-refractivity contribution in [3.8, 4) is 0 Å². The van der Waals surface area contributed by atoms with Crippen LogP contribution in [0.4, 0.5) is 5.95 Å². The van der Waals surface area contributed by atoms with Crippen molar-refractivity contribution in [2.24, 2.45) is 5.10 Å². The molecular formula is C20H21N5O2. The van der Waals surface area contributed by atoms with E-state index in [1.54, 1.807) is 0 Å². The van der Waals surface area contributed by atoms with E-state index >= 15 is 0 Å². The highest BCUT2D eigenvalue weighted by Crippen LogP contribution is 2.21. The fourth-order valence-corrected chi connectivity index (χ4v) is 3.23. The maximum absolute atomic E-state index is 12.9. The number of benzene rings is 2. The van der Waals surface area contributed by atoms with Crippen molar-refractivity contribution in [1.29, 1.82) is 0 Å². The van der Waals surface area contributed by atoms with E-state index in [4.69, 9.17) is 5.11 Å². The summed E-state index contributed by atoms with van der Waals surface area (Å²) in [6, 6.07) is 17.6. The molecule has 0 unspecified atom stereocenters. The van der Waals surface area contributed by atoms with Crippen LogP contribution in [0.15, 0.2) is 59.7 Å². The highest BCUT2D eigenvalue weighted by Gasteiger charge is 2.23. The normalized spacial score (nSPS) is 13.8. The van der Waals surface area contributed by atoms with Gasteiger partial charge in [0, 0.05) is 13.0 Å². The quantitative estimate of drug-likeness (QED) is 0.702. The number of nitrogens with one attached hydrogen (secondary N) is 1.